The zero-order valence-electron chi connectivity index (χ0n) is 17.7. The van der Waals surface area contributed by atoms with Crippen LogP contribution in [0.25, 0.3) is 0 Å². The fourth-order valence-corrected chi connectivity index (χ4v) is 3.73. The minimum Gasteiger partial charge on any atom is -0.459 e. The second-order valence-corrected chi connectivity index (χ2v) is 7.63. The van der Waals surface area contributed by atoms with Crippen molar-refractivity contribution in [2.24, 2.45) is 0 Å². The fraction of sp³-hybridized carbons (Fsp3) is 0.348. The van der Waals surface area contributed by atoms with Crippen molar-refractivity contribution in [3.63, 3.8) is 0 Å². The van der Waals surface area contributed by atoms with Crippen LogP contribution < -0.4 is 5.32 Å². The van der Waals surface area contributed by atoms with Crippen molar-refractivity contribution in [1.29, 1.82) is 0 Å². The first-order valence-electron chi connectivity index (χ1n) is 10.6. The molecular weight excluding hydrogens is 394 g/mol. The van der Waals surface area contributed by atoms with E-state index in [1.807, 2.05) is 15.8 Å². The minimum absolute atomic E-state index is 0.0181. The van der Waals surface area contributed by atoms with Crippen LogP contribution in [-0.4, -0.2) is 57.6 Å². The van der Waals surface area contributed by atoms with Crippen molar-refractivity contribution in [2.45, 2.75) is 26.4 Å². The number of aryl methyl sites for hydroxylation is 1. The number of furan rings is 1. The Balaban J connectivity index is 1.32. The number of rotatable bonds is 6. The van der Waals surface area contributed by atoms with E-state index in [-0.39, 0.29) is 17.6 Å². The SMILES string of the molecule is CCn1cc(CN2CCCN(C(=O)c3ccc(NC(=O)c4ccco4)cc3)CC2)cn1. The molecule has 3 heterocycles. The number of nitrogens with one attached hydrogen (secondary N) is 1. The first kappa shape index (κ1) is 20.9. The lowest BCUT2D eigenvalue weighted by atomic mass is 10.1. The van der Waals surface area contributed by atoms with Gasteiger partial charge >= 0.3 is 0 Å². The lowest BCUT2D eigenvalue weighted by Gasteiger charge is -2.22. The lowest BCUT2D eigenvalue weighted by Crippen LogP contribution is -2.35. The van der Waals surface area contributed by atoms with Crippen LogP contribution >= 0.6 is 0 Å². The third-order valence-corrected chi connectivity index (χ3v) is 5.43. The first-order chi connectivity index (χ1) is 15.1. The zero-order chi connectivity index (χ0) is 21.6. The van der Waals surface area contributed by atoms with Crippen molar-refractivity contribution < 1.29 is 14.0 Å². The van der Waals surface area contributed by atoms with Crippen LogP contribution in [-0.2, 0) is 13.1 Å². The number of carbonyl (C=O) groups is 2. The molecule has 0 spiro atoms. The first-order valence-corrected chi connectivity index (χ1v) is 10.6. The number of hydrogen-bond donors (Lipinski definition) is 1. The van der Waals surface area contributed by atoms with Gasteiger partial charge in [0, 0.05) is 62.3 Å². The van der Waals surface area contributed by atoms with Crippen molar-refractivity contribution in [1.82, 2.24) is 19.6 Å². The van der Waals surface area contributed by atoms with E-state index < -0.39 is 0 Å². The van der Waals surface area contributed by atoms with Crippen LogP contribution in [0.1, 0.15) is 39.8 Å². The lowest BCUT2D eigenvalue weighted by molar-refractivity contribution is 0.0761. The van der Waals surface area contributed by atoms with E-state index in [1.54, 1.807) is 36.4 Å². The molecule has 2 amide bonds. The number of hydrogen-bond acceptors (Lipinski definition) is 5. The van der Waals surface area contributed by atoms with E-state index in [2.05, 4.69) is 28.4 Å². The summed E-state index contributed by atoms with van der Waals surface area (Å²) in [6.07, 6.45) is 6.39. The molecule has 4 rings (SSSR count). The summed E-state index contributed by atoms with van der Waals surface area (Å²) in [6.45, 7) is 7.02. The minimum atomic E-state index is -0.318. The van der Waals surface area contributed by atoms with Crippen LogP contribution in [0.3, 0.4) is 0 Å². The largest absolute Gasteiger partial charge is 0.459 e. The number of carbonyl (C=O) groups excluding carboxylic acids is 2. The van der Waals surface area contributed by atoms with Gasteiger partial charge in [0.15, 0.2) is 5.76 Å². The van der Waals surface area contributed by atoms with Gasteiger partial charge in [-0.15, -0.1) is 0 Å². The van der Waals surface area contributed by atoms with E-state index in [9.17, 15) is 9.59 Å². The third-order valence-electron chi connectivity index (χ3n) is 5.43. The molecule has 3 aromatic rings. The molecule has 1 aliphatic heterocycles. The van der Waals surface area contributed by atoms with Gasteiger partial charge in [-0.1, -0.05) is 0 Å². The monoisotopic (exact) mass is 421 g/mol. The average molecular weight is 422 g/mol. The smallest absolute Gasteiger partial charge is 0.291 e. The molecule has 0 unspecified atom stereocenters. The summed E-state index contributed by atoms with van der Waals surface area (Å²) < 4.78 is 7.03. The van der Waals surface area contributed by atoms with Crippen LogP contribution in [0.5, 0.6) is 0 Å². The highest BCUT2D eigenvalue weighted by Crippen LogP contribution is 2.15. The Bertz CT molecular complexity index is 1010. The quantitative estimate of drug-likeness (QED) is 0.661. The zero-order valence-corrected chi connectivity index (χ0v) is 17.7. The summed E-state index contributed by atoms with van der Waals surface area (Å²) in [6, 6.07) is 10.2. The van der Waals surface area contributed by atoms with Crippen LogP contribution in [0.15, 0.2) is 59.5 Å². The van der Waals surface area contributed by atoms with Gasteiger partial charge in [0.25, 0.3) is 11.8 Å². The van der Waals surface area contributed by atoms with E-state index in [0.29, 0.717) is 17.8 Å². The molecule has 0 radical (unpaired) electrons. The number of aromatic nitrogens is 2. The van der Waals surface area contributed by atoms with Crippen molar-refractivity contribution in [3.05, 3.63) is 71.9 Å². The molecular formula is C23H27N5O3. The maximum Gasteiger partial charge on any atom is 0.291 e. The predicted molar refractivity (Wildman–Crippen MR) is 117 cm³/mol. The standard InChI is InChI=1S/C23H27N5O3/c1-2-28-17-18(15-24-28)16-26-10-4-11-27(13-12-26)23(30)19-6-8-20(9-7-19)25-22(29)21-5-3-14-31-21/h3,5-9,14-15,17H,2,4,10-13,16H2,1H3,(H,25,29). The Morgan fingerprint density at radius 3 is 2.65 bits per heavy atom. The summed E-state index contributed by atoms with van der Waals surface area (Å²) in [5, 5.41) is 7.10. The van der Waals surface area contributed by atoms with Gasteiger partial charge in [-0.05, 0) is 49.7 Å². The predicted octanol–water partition coefficient (Wildman–Crippen LogP) is 3.10. The normalized spacial score (nSPS) is 14.9. The van der Waals surface area contributed by atoms with Gasteiger partial charge < -0.3 is 14.6 Å². The van der Waals surface area contributed by atoms with Crippen LogP contribution in [0.2, 0.25) is 0 Å². The maximum atomic E-state index is 13.0. The molecule has 1 aliphatic rings. The summed E-state index contributed by atoms with van der Waals surface area (Å²) in [7, 11) is 0. The van der Waals surface area contributed by atoms with E-state index in [0.717, 1.165) is 39.1 Å². The Labute approximate surface area is 181 Å². The topological polar surface area (TPSA) is 83.6 Å². The Kier molecular flexibility index (Phi) is 6.47. The molecule has 0 saturated carbocycles. The van der Waals surface area contributed by atoms with Crippen molar-refractivity contribution >= 4 is 17.5 Å². The van der Waals surface area contributed by atoms with E-state index in [1.165, 1.54) is 11.8 Å². The molecule has 8 nitrogen and oxygen atoms in total. The average Bonchev–Trinajstić information content (AvgIpc) is 3.43. The molecule has 1 saturated heterocycles. The summed E-state index contributed by atoms with van der Waals surface area (Å²) >= 11 is 0. The molecule has 1 fully saturated rings. The second-order valence-electron chi connectivity index (χ2n) is 7.63. The molecule has 1 N–H and O–H groups in total. The molecule has 1 aromatic carbocycles. The van der Waals surface area contributed by atoms with Gasteiger partial charge in [0.1, 0.15) is 0 Å². The molecule has 0 bridgehead atoms. The van der Waals surface area contributed by atoms with Crippen molar-refractivity contribution in [3.8, 4) is 0 Å². The highest BCUT2D eigenvalue weighted by Gasteiger charge is 2.21. The summed E-state index contributed by atoms with van der Waals surface area (Å²) in [5.74, 6) is -0.0537. The number of benzene rings is 1. The molecule has 31 heavy (non-hydrogen) atoms. The summed E-state index contributed by atoms with van der Waals surface area (Å²) in [4.78, 5) is 29.3. The van der Waals surface area contributed by atoms with Gasteiger partial charge in [-0.2, -0.15) is 5.10 Å². The Morgan fingerprint density at radius 1 is 1.10 bits per heavy atom. The van der Waals surface area contributed by atoms with Crippen LogP contribution in [0.4, 0.5) is 5.69 Å². The highest BCUT2D eigenvalue weighted by atomic mass is 16.3. The second kappa shape index (κ2) is 9.61. The molecule has 162 valence electrons. The molecule has 2 aromatic heterocycles. The van der Waals surface area contributed by atoms with Gasteiger partial charge in [-0.25, -0.2) is 0 Å². The Morgan fingerprint density at radius 2 is 1.94 bits per heavy atom. The van der Waals surface area contributed by atoms with E-state index >= 15 is 0 Å². The van der Waals surface area contributed by atoms with Gasteiger partial charge in [0.2, 0.25) is 0 Å². The number of anilines is 1. The van der Waals surface area contributed by atoms with Crippen molar-refractivity contribution in [2.75, 3.05) is 31.5 Å². The number of nitrogens with zero attached hydrogens (tertiary/aromatic N) is 4. The van der Waals surface area contributed by atoms with Gasteiger partial charge in [0.05, 0.1) is 12.5 Å². The highest BCUT2D eigenvalue weighted by molar-refractivity contribution is 6.02. The third kappa shape index (κ3) is 5.21. The molecule has 0 aliphatic carbocycles. The van der Waals surface area contributed by atoms with Gasteiger partial charge in [-0.3, -0.25) is 19.2 Å². The molecule has 0 atom stereocenters. The van der Waals surface area contributed by atoms with Crippen LogP contribution in [0, 0.1) is 0 Å². The van der Waals surface area contributed by atoms with E-state index in [4.69, 9.17) is 4.42 Å². The molecule has 8 heteroatoms. The summed E-state index contributed by atoms with van der Waals surface area (Å²) in [5.41, 5.74) is 2.44. The maximum absolute atomic E-state index is 13.0. The number of amides is 2. The Hall–Kier alpha value is -3.39. The fourth-order valence-electron chi connectivity index (χ4n) is 3.73.